The number of carbonyl (C=O) groups excluding carboxylic acids is 1. The molecule has 0 aliphatic heterocycles. The predicted octanol–water partition coefficient (Wildman–Crippen LogP) is 4.03. The highest BCUT2D eigenvalue weighted by Gasteiger charge is 2.08. The van der Waals surface area contributed by atoms with Gasteiger partial charge in [-0.15, -0.1) is 0 Å². The Hall–Kier alpha value is -4.04. The molecule has 0 fully saturated rings. The maximum absolute atomic E-state index is 12.3. The van der Waals surface area contributed by atoms with E-state index in [0.29, 0.717) is 12.1 Å². The van der Waals surface area contributed by atoms with Gasteiger partial charge in [-0.2, -0.15) is 5.26 Å². The minimum atomic E-state index is -0.473. The van der Waals surface area contributed by atoms with Crippen LogP contribution in [0.2, 0.25) is 0 Å². The fourth-order valence-corrected chi connectivity index (χ4v) is 2.85. The van der Waals surface area contributed by atoms with Crippen molar-refractivity contribution in [2.24, 2.45) is 0 Å². The first-order valence-electron chi connectivity index (χ1n) is 8.63. The summed E-state index contributed by atoms with van der Waals surface area (Å²) in [5.41, 5.74) is 1.47. The van der Waals surface area contributed by atoms with Crippen LogP contribution in [0.4, 0.5) is 0 Å². The molecule has 3 aromatic carbocycles. The third-order valence-corrected chi connectivity index (χ3v) is 4.16. The minimum Gasteiger partial charge on any atom is -0.508 e. The number of nitrogens with zero attached hydrogens (tertiary/aromatic N) is 1. The summed E-state index contributed by atoms with van der Waals surface area (Å²) in [7, 11) is 0. The Morgan fingerprint density at radius 2 is 1.75 bits per heavy atom. The van der Waals surface area contributed by atoms with Crippen LogP contribution < -0.4 is 5.32 Å². The Bertz CT molecular complexity index is 1100. The molecule has 0 saturated carbocycles. The van der Waals surface area contributed by atoms with Gasteiger partial charge in [0, 0.05) is 12.6 Å². The molecule has 0 unspecified atom stereocenters. The van der Waals surface area contributed by atoms with Crippen molar-refractivity contribution in [3.63, 3.8) is 0 Å². The molecule has 0 spiro atoms. The number of nitrogens with one attached hydrogen (secondary N) is 1. The van der Waals surface area contributed by atoms with E-state index in [-0.39, 0.29) is 17.1 Å². The Morgan fingerprint density at radius 1 is 1.04 bits per heavy atom. The zero-order valence-electron chi connectivity index (χ0n) is 15.0. The number of hydrogen-bond donors (Lipinski definition) is 3. The molecule has 0 radical (unpaired) electrons. The Labute approximate surface area is 162 Å². The zero-order chi connectivity index (χ0) is 19.9. The van der Waals surface area contributed by atoms with Crippen molar-refractivity contribution < 1.29 is 15.0 Å². The van der Waals surface area contributed by atoms with Crippen LogP contribution in [0.1, 0.15) is 11.1 Å². The number of carbonyl (C=O) groups is 1. The van der Waals surface area contributed by atoms with E-state index in [2.05, 4.69) is 5.32 Å². The lowest BCUT2D eigenvalue weighted by Gasteiger charge is -2.08. The van der Waals surface area contributed by atoms with Gasteiger partial charge in [-0.3, -0.25) is 4.79 Å². The maximum Gasteiger partial charge on any atom is 0.262 e. The molecule has 0 atom stereocenters. The molecule has 0 aliphatic carbocycles. The summed E-state index contributed by atoms with van der Waals surface area (Å²) < 4.78 is 0. The van der Waals surface area contributed by atoms with Crippen molar-refractivity contribution in [1.29, 1.82) is 5.26 Å². The SMILES string of the molecule is N#C/C(=C\C=C\c1cc(O)cc(O)c1)C(=O)NCc1cccc2ccccc12. The van der Waals surface area contributed by atoms with Gasteiger partial charge in [-0.1, -0.05) is 54.6 Å². The molecule has 138 valence electrons. The molecule has 5 heteroatoms. The van der Waals surface area contributed by atoms with Crippen LogP contribution >= 0.6 is 0 Å². The van der Waals surface area contributed by atoms with E-state index in [0.717, 1.165) is 16.3 Å². The molecular weight excluding hydrogens is 352 g/mol. The molecule has 3 rings (SSSR count). The first kappa shape index (κ1) is 18.7. The van der Waals surface area contributed by atoms with Crippen molar-refractivity contribution in [1.82, 2.24) is 5.32 Å². The first-order chi connectivity index (χ1) is 13.6. The highest BCUT2D eigenvalue weighted by molar-refractivity contribution is 5.98. The van der Waals surface area contributed by atoms with Gasteiger partial charge in [-0.25, -0.2) is 0 Å². The summed E-state index contributed by atoms with van der Waals surface area (Å²) in [6.45, 7) is 0.309. The molecule has 28 heavy (non-hydrogen) atoms. The smallest absolute Gasteiger partial charge is 0.262 e. The third kappa shape index (κ3) is 4.57. The molecule has 0 aliphatic rings. The van der Waals surface area contributed by atoms with E-state index < -0.39 is 5.91 Å². The van der Waals surface area contributed by atoms with E-state index in [1.54, 1.807) is 6.08 Å². The number of aromatic hydroxyl groups is 2. The van der Waals surface area contributed by atoms with Crippen LogP contribution in [-0.2, 0) is 11.3 Å². The van der Waals surface area contributed by atoms with E-state index >= 15 is 0 Å². The van der Waals surface area contributed by atoms with E-state index in [1.165, 1.54) is 30.4 Å². The quantitative estimate of drug-likeness (QED) is 0.359. The van der Waals surface area contributed by atoms with Crippen LogP contribution in [0.25, 0.3) is 16.8 Å². The third-order valence-electron chi connectivity index (χ3n) is 4.16. The summed E-state index contributed by atoms with van der Waals surface area (Å²) >= 11 is 0. The number of fused-ring (bicyclic) bond motifs is 1. The van der Waals surface area contributed by atoms with Gasteiger partial charge in [0.25, 0.3) is 5.91 Å². The molecule has 5 nitrogen and oxygen atoms in total. The zero-order valence-corrected chi connectivity index (χ0v) is 15.0. The van der Waals surface area contributed by atoms with Crippen molar-refractivity contribution in [3.05, 3.63) is 89.5 Å². The standard InChI is InChI=1S/C23H18N2O3/c24-14-18(8-3-5-16-11-20(26)13-21(27)12-16)23(28)25-15-19-9-4-7-17-6-1-2-10-22(17)19/h1-13,26-27H,15H2,(H,25,28)/b5-3+,18-8+. The monoisotopic (exact) mass is 370 g/mol. The van der Waals surface area contributed by atoms with Crippen LogP contribution in [0.3, 0.4) is 0 Å². The van der Waals surface area contributed by atoms with Gasteiger partial charge in [0.2, 0.25) is 0 Å². The van der Waals surface area contributed by atoms with Gasteiger partial charge in [0.15, 0.2) is 0 Å². The first-order valence-corrected chi connectivity index (χ1v) is 8.63. The summed E-state index contributed by atoms with van der Waals surface area (Å²) in [4.78, 5) is 12.3. The second kappa shape index (κ2) is 8.56. The second-order valence-electron chi connectivity index (χ2n) is 6.15. The maximum atomic E-state index is 12.3. The number of rotatable bonds is 5. The Balaban J connectivity index is 1.70. The normalized spacial score (nSPS) is 11.5. The van der Waals surface area contributed by atoms with Gasteiger partial charge in [0.05, 0.1) is 0 Å². The lowest BCUT2D eigenvalue weighted by molar-refractivity contribution is -0.117. The molecule has 0 bridgehead atoms. The largest absolute Gasteiger partial charge is 0.508 e. The van der Waals surface area contributed by atoms with Crippen molar-refractivity contribution in [2.45, 2.75) is 6.54 Å². The van der Waals surface area contributed by atoms with Crippen molar-refractivity contribution >= 4 is 22.8 Å². The lowest BCUT2D eigenvalue weighted by Crippen LogP contribution is -2.24. The van der Waals surface area contributed by atoms with Gasteiger partial charge < -0.3 is 15.5 Å². The molecule has 1 amide bonds. The van der Waals surface area contributed by atoms with Crippen LogP contribution in [0.15, 0.2) is 78.4 Å². The summed E-state index contributed by atoms with van der Waals surface area (Å²) in [5.74, 6) is -0.618. The average molecular weight is 370 g/mol. The lowest BCUT2D eigenvalue weighted by atomic mass is 10.0. The molecule has 0 heterocycles. The van der Waals surface area contributed by atoms with Crippen LogP contribution in [0, 0.1) is 11.3 Å². The predicted molar refractivity (Wildman–Crippen MR) is 108 cm³/mol. The number of phenolic OH excluding ortho intramolecular Hbond substituents is 2. The van der Waals surface area contributed by atoms with Gasteiger partial charge in [0.1, 0.15) is 23.1 Å². The Morgan fingerprint density at radius 3 is 2.50 bits per heavy atom. The van der Waals surface area contributed by atoms with Crippen molar-refractivity contribution in [2.75, 3.05) is 0 Å². The molecule has 3 aromatic rings. The fourth-order valence-electron chi connectivity index (χ4n) is 2.85. The number of nitriles is 1. The highest BCUT2D eigenvalue weighted by atomic mass is 16.3. The number of phenols is 2. The number of benzene rings is 3. The second-order valence-corrected chi connectivity index (χ2v) is 6.15. The number of allylic oxidation sites excluding steroid dienone is 2. The summed E-state index contributed by atoms with van der Waals surface area (Å²) in [6.07, 6.45) is 4.48. The summed E-state index contributed by atoms with van der Waals surface area (Å²) in [5, 5.41) is 33.1. The molecule has 3 N–H and O–H groups in total. The number of amides is 1. The number of hydrogen-bond acceptors (Lipinski definition) is 4. The van der Waals surface area contributed by atoms with Gasteiger partial charge >= 0.3 is 0 Å². The van der Waals surface area contributed by atoms with Crippen molar-refractivity contribution in [3.8, 4) is 17.6 Å². The molecule has 0 saturated heterocycles. The van der Waals surface area contributed by atoms with Crippen LogP contribution in [-0.4, -0.2) is 16.1 Å². The topological polar surface area (TPSA) is 93.3 Å². The van der Waals surface area contributed by atoms with E-state index in [1.807, 2.05) is 48.5 Å². The van der Waals surface area contributed by atoms with Crippen LogP contribution in [0.5, 0.6) is 11.5 Å². The minimum absolute atomic E-state index is 0.0409. The van der Waals surface area contributed by atoms with E-state index in [9.17, 15) is 20.3 Å². The average Bonchev–Trinajstić information content (AvgIpc) is 2.68. The fraction of sp³-hybridized carbons (Fsp3) is 0.0435. The summed E-state index contributed by atoms with van der Waals surface area (Å²) in [6, 6.07) is 19.8. The van der Waals surface area contributed by atoms with Gasteiger partial charge in [-0.05, 0) is 40.1 Å². The highest BCUT2D eigenvalue weighted by Crippen LogP contribution is 2.21. The molecule has 0 aromatic heterocycles. The van der Waals surface area contributed by atoms with E-state index in [4.69, 9.17) is 0 Å². The Kier molecular flexibility index (Phi) is 5.73. The molecular formula is C23H18N2O3.